The number of β-amino-alcohol motifs (C(OH)–C–C–N with tert-alkyl or cyclic N) is 1. The van der Waals surface area contributed by atoms with Crippen LogP contribution < -0.4 is 0 Å². The summed E-state index contributed by atoms with van der Waals surface area (Å²) >= 11 is 0. The molecule has 0 amide bonds. The standard InChI is InChI=1S/C10H20N2O/c13-10-8-12(9-10)7-6-11-4-2-1-3-5-11/h10,13H,1-9H2. The van der Waals surface area contributed by atoms with E-state index in [9.17, 15) is 0 Å². The first kappa shape index (κ1) is 9.44. The van der Waals surface area contributed by atoms with Gasteiger partial charge < -0.3 is 10.0 Å². The molecule has 0 saturated carbocycles. The van der Waals surface area contributed by atoms with E-state index in [0.29, 0.717) is 0 Å². The van der Waals surface area contributed by atoms with Crippen LogP contribution in [0.15, 0.2) is 0 Å². The molecule has 0 aliphatic carbocycles. The van der Waals surface area contributed by atoms with Gasteiger partial charge in [0.05, 0.1) is 6.10 Å². The molecule has 2 saturated heterocycles. The fourth-order valence-corrected chi connectivity index (χ4v) is 2.19. The average molecular weight is 184 g/mol. The van der Waals surface area contributed by atoms with Crippen LogP contribution in [-0.4, -0.2) is 60.3 Å². The highest BCUT2D eigenvalue weighted by atomic mass is 16.3. The molecule has 1 N–H and O–H groups in total. The van der Waals surface area contributed by atoms with Crippen LogP contribution in [0.1, 0.15) is 19.3 Å². The summed E-state index contributed by atoms with van der Waals surface area (Å²) in [5.74, 6) is 0. The maximum Gasteiger partial charge on any atom is 0.0793 e. The van der Waals surface area contributed by atoms with E-state index >= 15 is 0 Å². The van der Waals surface area contributed by atoms with Crippen molar-refractivity contribution in [1.82, 2.24) is 9.80 Å². The molecule has 0 radical (unpaired) electrons. The lowest BCUT2D eigenvalue weighted by Gasteiger charge is -2.37. The van der Waals surface area contributed by atoms with Crippen molar-refractivity contribution in [2.24, 2.45) is 0 Å². The van der Waals surface area contributed by atoms with Gasteiger partial charge in [-0.25, -0.2) is 0 Å². The number of nitrogens with zero attached hydrogens (tertiary/aromatic N) is 2. The van der Waals surface area contributed by atoms with E-state index in [1.54, 1.807) is 0 Å². The zero-order chi connectivity index (χ0) is 9.10. The Labute approximate surface area is 80.3 Å². The fraction of sp³-hybridized carbons (Fsp3) is 1.00. The first-order chi connectivity index (χ1) is 6.34. The van der Waals surface area contributed by atoms with Gasteiger partial charge in [0, 0.05) is 26.2 Å². The van der Waals surface area contributed by atoms with E-state index in [-0.39, 0.29) is 6.10 Å². The predicted octanol–water partition coefficient (Wildman–Crippen LogP) is 0.149. The molecular formula is C10H20N2O. The quantitative estimate of drug-likeness (QED) is 0.676. The Kier molecular flexibility index (Phi) is 3.19. The summed E-state index contributed by atoms with van der Waals surface area (Å²) in [7, 11) is 0. The second-order valence-corrected chi connectivity index (χ2v) is 4.32. The summed E-state index contributed by atoms with van der Waals surface area (Å²) in [5.41, 5.74) is 0. The van der Waals surface area contributed by atoms with E-state index in [2.05, 4.69) is 9.80 Å². The van der Waals surface area contributed by atoms with Crippen molar-refractivity contribution in [3.8, 4) is 0 Å². The number of aliphatic hydroxyl groups excluding tert-OH is 1. The SMILES string of the molecule is OC1CN(CCN2CCCCC2)C1. The molecule has 13 heavy (non-hydrogen) atoms. The van der Waals surface area contributed by atoms with Crippen molar-refractivity contribution in [2.75, 3.05) is 39.3 Å². The molecule has 0 bridgehead atoms. The van der Waals surface area contributed by atoms with Crippen LogP contribution >= 0.6 is 0 Å². The monoisotopic (exact) mass is 184 g/mol. The van der Waals surface area contributed by atoms with Crippen molar-refractivity contribution in [1.29, 1.82) is 0 Å². The van der Waals surface area contributed by atoms with Crippen LogP contribution in [0.4, 0.5) is 0 Å². The first-order valence-corrected chi connectivity index (χ1v) is 5.47. The Morgan fingerprint density at radius 2 is 1.54 bits per heavy atom. The minimum atomic E-state index is -0.0404. The normalized spacial score (nSPS) is 27.5. The zero-order valence-corrected chi connectivity index (χ0v) is 8.28. The fourth-order valence-electron chi connectivity index (χ4n) is 2.19. The second-order valence-electron chi connectivity index (χ2n) is 4.32. The molecule has 3 heteroatoms. The van der Waals surface area contributed by atoms with E-state index < -0.39 is 0 Å². The number of rotatable bonds is 3. The lowest BCUT2D eigenvalue weighted by atomic mass is 10.1. The van der Waals surface area contributed by atoms with E-state index in [4.69, 9.17) is 5.11 Å². The minimum Gasteiger partial charge on any atom is -0.390 e. The van der Waals surface area contributed by atoms with Crippen molar-refractivity contribution < 1.29 is 5.11 Å². The highest BCUT2D eigenvalue weighted by Crippen LogP contribution is 2.10. The van der Waals surface area contributed by atoms with Gasteiger partial charge in [-0.2, -0.15) is 0 Å². The maximum absolute atomic E-state index is 9.10. The highest BCUT2D eigenvalue weighted by Gasteiger charge is 2.24. The van der Waals surface area contributed by atoms with E-state index in [0.717, 1.165) is 19.6 Å². The van der Waals surface area contributed by atoms with Gasteiger partial charge in [-0.3, -0.25) is 4.90 Å². The Bertz CT molecular complexity index is 151. The molecule has 2 fully saturated rings. The molecular weight excluding hydrogens is 164 g/mol. The minimum absolute atomic E-state index is 0.0404. The van der Waals surface area contributed by atoms with Crippen LogP contribution in [0.5, 0.6) is 0 Å². The van der Waals surface area contributed by atoms with Gasteiger partial charge in [0.25, 0.3) is 0 Å². The van der Waals surface area contributed by atoms with Crippen LogP contribution in [0, 0.1) is 0 Å². The summed E-state index contributed by atoms with van der Waals surface area (Å²) in [6.45, 7) is 6.72. The Morgan fingerprint density at radius 3 is 2.15 bits per heavy atom. The summed E-state index contributed by atoms with van der Waals surface area (Å²) in [5, 5.41) is 9.10. The van der Waals surface area contributed by atoms with Crippen LogP contribution in [0.2, 0.25) is 0 Å². The summed E-state index contributed by atoms with van der Waals surface area (Å²) in [6, 6.07) is 0. The number of piperidine rings is 1. The Balaban J connectivity index is 1.56. The predicted molar refractivity (Wildman–Crippen MR) is 52.7 cm³/mol. The van der Waals surface area contributed by atoms with Gasteiger partial charge in [-0.05, 0) is 25.9 Å². The molecule has 0 unspecified atom stereocenters. The molecule has 2 aliphatic heterocycles. The van der Waals surface area contributed by atoms with Gasteiger partial charge >= 0.3 is 0 Å². The summed E-state index contributed by atoms with van der Waals surface area (Å²) in [4.78, 5) is 4.88. The molecule has 2 aliphatic rings. The van der Waals surface area contributed by atoms with Crippen LogP contribution in [0.25, 0.3) is 0 Å². The van der Waals surface area contributed by atoms with E-state index in [1.807, 2.05) is 0 Å². The molecule has 0 aromatic heterocycles. The molecule has 0 spiro atoms. The third-order valence-electron chi connectivity index (χ3n) is 3.12. The molecule has 2 rings (SSSR count). The smallest absolute Gasteiger partial charge is 0.0793 e. The van der Waals surface area contributed by atoms with Crippen molar-refractivity contribution in [2.45, 2.75) is 25.4 Å². The third-order valence-corrected chi connectivity index (χ3v) is 3.12. The second kappa shape index (κ2) is 4.40. The van der Waals surface area contributed by atoms with Gasteiger partial charge in [0.1, 0.15) is 0 Å². The number of likely N-dealkylation sites (tertiary alicyclic amines) is 2. The molecule has 0 atom stereocenters. The first-order valence-electron chi connectivity index (χ1n) is 5.47. The largest absolute Gasteiger partial charge is 0.390 e. The molecule has 3 nitrogen and oxygen atoms in total. The lowest BCUT2D eigenvalue weighted by molar-refractivity contribution is -0.00330. The molecule has 76 valence electrons. The van der Waals surface area contributed by atoms with Crippen LogP contribution in [-0.2, 0) is 0 Å². The zero-order valence-electron chi connectivity index (χ0n) is 8.28. The summed E-state index contributed by atoms with van der Waals surface area (Å²) < 4.78 is 0. The van der Waals surface area contributed by atoms with Gasteiger partial charge in [-0.15, -0.1) is 0 Å². The van der Waals surface area contributed by atoms with Gasteiger partial charge in [0.15, 0.2) is 0 Å². The number of aliphatic hydroxyl groups is 1. The highest BCUT2D eigenvalue weighted by molar-refractivity contribution is 4.79. The lowest BCUT2D eigenvalue weighted by Crippen LogP contribution is -2.53. The Morgan fingerprint density at radius 1 is 0.923 bits per heavy atom. The molecule has 2 heterocycles. The van der Waals surface area contributed by atoms with E-state index in [1.165, 1.54) is 38.9 Å². The van der Waals surface area contributed by atoms with Crippen molar-refractivity contribution in [3.05, 3.63) is 0 Å². The Hall–Kier alpha value is -0.120. The number of hydrogen-bond acceptors (Lipinski definition) is 3. The van der Waals surface area contributed by atoms with Crippen LogP contribution in [0.3, 0.4) is 0 Å². The topological polar surface area (TPSA) is 26.7 Å². The molecule has 0 aromatic rings. The van der Waals surface area contributed by atoms with Gasteiger partial charge in [0.2, 0.25) is 0 Å². The third kappa shape index (κ3) is 2.66. The van der Waals surface area contributed by atoms with Crippen molar-refractivity contribution in [3.63, 3.8) is 0 Å². The van der Waals surface area contributed by atoms with Crippen molar-refractivity contribution >= 4 is 0 Å². The van der Waals surface area contributed by atoms with Gasteiger partial charge in [-0.1, -0.05) is 6.42 Å². The summed E-state index contributed by atoms with van der Waals surface area (Å²) in [6.07, 6.45) is 4.13. The average Bonchev–Trinajstić information content (AvgIpc) is 2.12. The maximum atomic E-state index is 9.10. The number of hydrogen-bond donors (Lipinski definition) is 1. The molecule has 0 aromatic carbocycles.